The number of nitrogens with one attached hydrogen (secondary N) is 1. The monoisotopic (exact) mass is 379 g/mol. The topological polar surface area (TPSA) is 111 Å². The summed E-state index contributed by atoms with van der Waals surface area (Å²) in [5.41, 5.74) is 5.81. The van der Waals surface area contributed by atoms with E-state index >= 15 is 0 Å². The third kappa shape index (κ3) is 6.09. The third-order valence-corrected chi connectivity index (χ3v) is 4.15. The first-order chi connectivity index (χ1) is 12.0. The van der Waals surface area contributed by atoms with Gasteiger partial charge in [0.05, 0.1) is 17.0 Å². The summed E-state index contributed by atoms with van der Waals surface area (Å²) >= 11 is 6.84. The highest BCUT2D eigenvalue weighted by Crippen LogP contribution is 2.26. The summed E-state index contributed by atoms with van der Waals surface area (Å²) in [6.45, 7) is -0.462. The van der Waals surface area contributed by atoms with Crippen LogP contribution in [-0.4, -0.2) is 35.1 Å². The minimum Gasteiger partial charge on any atom is -0.452 e. The number of rotatable bonds is 7. The zero-order chi connectivity index (χ0) is 18.2. The SMILES string of the molecule is NC(=O)CSc1ccccc1NC(=O)COC(=O)c1ccc(Cl)nc1. The Hall–Kier alpha value is -2.58. The Labute approximate surface area is 152 Å². The molecule has 2 amide bonds. The number of halogens is 1. The number of esters is 1. The molecule has 1 heterocycles. The number of hydrogen-bond donors (Lipinski definition) is 2. The van der Waals surface area contributed by atoms with Gasteiger partial charge in [-0.15, -0.1) is 11.8 Å². The van der Waals surface area contributed by atoms with Crippen LogP contribution in [0.3, 0.4) is 0 Å². The Morgan fingerprint density at radius 3 is 2.64 bits per heavy atom. The molecule has 130 valence electrons. The lowest BCUT2D eigenvalue weighted by Gasteiger charge is -2.10. The minimum atomic E-state index is -0.685. The molecule has 1 aromatic carbocycles. The van der Waals surface area contributed by atoms with Crippen molar-refractivity contribution in [3.05, 3.63) is 53.3 Å². The Kier molecular flexibility index (Phi) is 6.79. The molecule has 0 fully saturated rings. The standard InChI is InChI=1S/C16H14ClN3O4S/c17-13-6-5-10(7-19-13)16(23)24-8-15(22)20-11-3-1-2-4-12(11)25-9-14(18)21/h1-7H,8-9H2,(H2,18,21)(H,20,22). The summed E-state index contributed by atoms with van der Waals surface area (Å²) in [6, 6.07) is 9.82. The van der Waals surface area contributed by atoms with Gasteiger partial charge in [0, 0.05) is 11.1 Å². The quantitative estimate of drug-likeness (QED) is 0.433. The second-order valence-electron chi connectivity index (χ2n) is 4.75. The first-order valence-electron chi connectivity index (χ1n) is 7.04. The van der Waals surface area contributed by atoms with Gasteiger partial charge in [-0.05, 0) is 24.3 Å². The number of nitrogens with two attached hydrogens (primary N) is 1. The van der Waals surface area contributed by atoms with Crippen molar-refractivity contribution >= 4 is 46.8 Å². The van der Waals surface area contributed by atoms with Gasteiger partial charge in [0.2, 0.25) is 5.91 Å². The predicted octanol–water partition coefficient (Wildman–Crippen LogP) is 2.11. The Morgan fingerprint density at radius 1 is 1.20 bits per heavy atom. The van der Waals surface area contributed by atoms with Crippen LogP contribution in [0.1, 0.15) is 10.4 Å². The van der Waals surface area contributed by atoms with Crippen LogP contribution in [0, 0.1) is 0 Å². The largest absolute Gasteiger partial charge is 0.452 e. The molecule has 0 aliphatic carbocycles. The molecule has 3 N–H and O–H groups in total. The van der Waals surface area contributed by atoms with Crippen LogP contribution in [-0.2, 0) is 14.3 Å². The summed E-state index contributed by atoms with van der Waals surface area (Å²) in [6.07, 6.45) is 1.26. The van der Waals surface area contributed by atoms with Crippen molar-refractivity contribution in [3.63, 3.8) is 0 Å². The number of carbonyl (C=O) groups is 3. The number of para-hydroxylation sites is 1. The van der Waals surface area contributed by atoms with Gasteiger partial charge in [0.1, 0.15) is 5.15 Å². The minimum absolute atomic E-state index is 0.0887. The number of amides is 2. The van der Waals surface area contributed by atoms with Crippen LogP contribution in [0.2, 0.25) is 5.15 Å². The molecule has 0 bridgehead atoms. The van der Waals surface area contributed by atoms with Gasteiger partial charge in [0.25, 0.3) is 5.91 Å². The van der Waals surface area contributed by atoms with Crippen LogP contribution in [0.5, 0.6) is 0 Å². The van der Waals surface area contributed by atoms with E-state index in [2.05, 4.69) is 10.3 Å². The van der Waals surface area contributed by atoms with E-state index in [9.17, 15) is 14.4 Å². The molecule has 0 aliphatic heterocycles. The number of aromatic nitrogens is 1. The Balaban J connectivity index is 1.91. The van der Waals surface area contributed by atoms with E-state index < -0.39 is 24.4 Å². The van der Waals surface area contributed by atoms with E-state index in [0.29, 0.717) is 10.6 Å². The number of primary amides is 1. The number of carbonyl (C=O) groups excluding carboxylic acids is 3. The zero-order valence-corrected chi connectivity index (χ0v) is 14.5. The van der Waals surface area contributed by atoms with E-state index in [0.717, 1.165) is 0 Å². The molecule has 0 atom stereocenters. The summed E-state index contributed by atoms with van der Waals surface area (Å²) in [7, 11) is 0. The molecule has 25 heavy (non-hydrogen) atoms. The summed E-state index contributed by atoms with van der Waals surface area (Å²) in [5, 5.41) is 2.87. The molecular weight excluding hydrogens is 366 g/mol. The van der Waals surface area contributed by atoms with Crippen molar-refractivity contribution in [2.45, 2.75) is 4.90 Å². The van der Waals surface area contributed by atoms with E-state index in [1.807, 2.05) is 0 Å². The van der Waals surface area contributed by atoms with Crippen LogP contribution in [0.15, 0.2) is 47.5 Å². The number of ether oxygens (including phenoxy) is 1. The molecule has 2 aromatic rings. The Morgan fingerprint density at radius 2 is 1.96 bits per heavy atom. The number of pyridine rings is 1. The van der Waals surface area contributed by atoms with Gasteiger partial charge in [-0.25, -0.2) is 9.78 Å². The highest BCUT2D eigenvalue weighted by atomic mass is 35.5. The molecule has 0 saturated carbocycles. The maximum absolute atomic E-state index is 12.0. The summed E-state index contributed by atoms with van der Waals surface area (Å²) < 4.78 is 4.93. The molecule has 0 aliphatic rings. The number of hydrogen-bond acceptors (Lipinski definition) is 6. The molecule has 1 aromatic heterocycles. The van der Waals surface area contributed by atoms with Gasteiger partial charge < -0.3 is 15.8 Å². The molecule has 7 nitrogen and oxygen atoms in total. The highest BCUT2D eigenvalue weighted by Gasteiger charge is 2.12. The van der Waals surface area contributed by atoms with Crippen molar-refractivity contribution in [2.24, 2.45) is 5.73 Å². The molecule has 2 rings (SSSR count). The maximum Gasteiger partial charge on any atom is 0.340 e. The predicted molar refractivity (Wildman–Crippen MR) is 94.5 cm³/mol. The molecule has 9 heteroatoms. The number of nitrogens with zero attached hydrogens (tertiary/aromatic N) is 1. The van der Waals surface area contributed by atoms with Gasteiger partial charge in [0.15, 0.2) is 6.61 Å². The number of benzene rings is 1. The van der Waals surface area contributed by atoms with E-state index in [1.54, 1.807) is 24.3 Å². The lowest BCUT2D eigenvalue weighted by molar-refractivity contribution is -0.119. The molecule has 0 spiro atoms. The van der Waals surface area contributed by atoms with Gasteiger partial charge in [-0.3, -0.25) is 9.59 Å². The first-order valence-corrected chi connectivity index (χ1v) is 8.40. The van der Waals surface area contributed by atoms with E-state index in [1.165, 1.54) is 30.1 Å². The van der Waals surface area contributed by atoms with Crippen molar-refractivity contribution in [1.29, 1.82) is 0 Å². The van der Waals surface area contributed by atoms with Crippen molar-refractivity contribution < 1.29 is 19.1 Å². The average Bonchev–Trinajstić information content (AvgIpc) is 2.59. The summed E-state index contributed by atoms with van der Waals surface area (Å²) in [4.78, 5) is 39.1. The number of anilines is 1. The molecule has 0 saturated heterocycles. The van der Waals surface area contributed by atoms with Crippen LogP contribution >= 0.6 is 23.4 Å². The fraction of sp³-hybridized carbons (Fsp3) is 0.125. The van der Waals surface area contributed by atoms with Crippen LogP contribution in [0.25, 0.3) is 0 Å². The smallest absolute Gasteiger partial charge is 0.340 e. The first kappa shape index (κ1) is 18.8. The lowest BCUT2D eigenvalue weighted by atomic mass is 10.3. The zero-order valence-electron chi connectivity index (χ0n) is 12.9. The van der Waals surface area contributed by atoms with Crippen molar-refractivity contribution in [2.75, 3.05) is 17.7 Å². The van der Waals surface area contributed by atoms with Gasteiger partial charge in [-0.2, -0.15) is 0 Å². The molecule has 0 unspecified atom stereocenters. The maximum atomic E-state index is 12.0. The van der Waals surface area contributed by atoms with E-state index in [-0.39, 0.29) is 16.5 Å². The summed E-state index contributed by atoms with van der Waals surface area (Å²) in [5.74, 6) is -1.57. The highest BCUT2D eigenvalue weighted by molar-refractivity contribution is 8.00. The van der Waals surface area contributed by atoms with Crippen LogP contribution < -0.4 is 11.1 Å². The molecular formula is C16H14ClN3O4S. The lowest BCUT2D eigenvalue weighted by Crippen LogP contribution is -2.21. The molecule has 0 radical (unpaired) electrons. The number of thioether (sulfide) groups is 1. The average molecular weight is 380 g/mol. The fourth-order valence-electron chi connectivity index (χ4n) is 1.74. The van der Waals surface area contributed by atoms with Crippen molar-refractivity contribution in [1.82, 2.24) is 4.98 Å². The van der Waals surface area contributed by atoms with Gasteiger partial charge in [-0.1, -0.05) is 23.7 Å². The van der Waals surface area contributed by atoms with Crippen molar-refractivity contribution in [3.8, 4) is 0 Å². The van der Waals surface area contributed by atoms with Crippen LogP contribution in [0.4, 0.5) is 5.69 Å². The second kappa shape index (κ2) is 9.05. The second-order valence-corrected chi connectivity index (χ2v) is 6.15. The fourth-order valence-corrected chi connectivity index (χ4v) is 2.60. The normalized spacial score (nSPS) is 10.1. The van der Waals surface area contributed by atoms with Gasteiger partial charge >= 0.3 is 5.97 Å². The van der Waals surface area contributed by atoms with E-state index in [4.69, 9.17) is 22.1 Å². The third-order valence-electron chi connectivity index (χ3n) is 2.83. The Bertz CT molecular complexity index is 783.